The molecule has 0 spiro atoms. The van der Waals surface area contributed by atoms with Gasteiger partial charge in [-0.25, -0.2) is 5.43 Å². The third-order valence-corrected chi connectivity index (χ3v) is 6.73. The van der Waals surface area contributed by atoms with E-state index in [0.29, 0.717) is 33.2 Å². The number of aromatic nitrogens is 3. The second-order valence-electron chi connectivity index (χ2n) is 7.94. The molecule has 1 N–H and O–H groups in total. The fourth-order valence-corrected chi connectivity index (χ4v) is 4.42. The summed E-state index contributed by atoms with van der Waals surface area (Å²) in [7, 11) is 4.75. The first-order valence-corrected chi connectivity index (χ1v) is 12.8. The molecule has 4 aromatic rings. The number of hydrogen-bond acceptors (Lipinski definition) is 8. The molecule has 0 aliphatic carbocycles. The second-order valence-corrected chi connectivity index (χ2v) is 9.32. The summed E-state index contributed by atoms with van der Waals surface area (Å²) in [6, 6.07) is 20.3. The van der Waals surface area contributed by atoms with E-state index in [0.717, 1.165) is 22.6 Å². The second kappa shape index (κ2) is 12.5. The zero-order valence-electron chi connectivity index (χ0n) is 21.3. The fraction of sp³-hybridized carbons (Fsp3) is 0.185. The third-order valence-electron chi connectivity index (χ3n) is 5.55. The van der Waals surface area contributed by atoms with Crippen LogP contribution in [0.25, 0.3) is 17.1 Å². The van der Waals surface area contributed by atoms with Crippen molar-refractivity contribution in [3.63, 3.8) is 0 Å². The standard InChI is InChI=1S/C27H26ClN5O4S/c1-17(19-7-14-23(36-3)24(15-19)37-4)29-30-25(34)16-38-27-32-31-26(18-5-12-22(35-2)13-6-18)33(27)21-10-8-20(28)9-11-21/h5-15H,16H2,1-4H3,(H,30,34)/b29-17-. The lowest BCUT2D eigenvalue weighted by Crippen LogP contribution is -2.21. The van der Waals surface area contributed by atoms with Gasteiger partial charge in [0.15, 0.2) is 22.5 Å². The first-order chi connectivity index (χ1) is 18.4. The van der Waals surface area contributed by atoms with Crippen molar-refractivity contribution >= 4 is 35.0 Å². The molecule has 0 unspecified atom stereocenters. The van der Waals surface area contributed by atoms with Crippen molar-refractivity contribution in [3.8, 4) is 34.3 Å². The highest BCUT2D eigenvalue weighted by Crippen LogP contribution is 2.30. The molecule has 0 fully saturated rings. The van der Waals surface area contributed by atoms with Crippen LogP contribution in [0.5, 0.6) is 17.2 Å². The molecule has 0 aliphatic heterocycles. The van der Waals surface area contributed by atoms with Crippen LogP contribution in [0.4, 0.5) is 0 Å². The molecular formula is C27H26ClN5O4S. The Morgan fingerprint density at radius 3 is 2.32 bits per heavy atom. The minimum atomic E-state index is -0.286. The average molecular weight is 552 g/mol. The molecule has 0 saturated heterocycles. The first-order valence-electron chi connectivity index (χ1n) is 11.5. The highest BCUT2D eigenvalue weighted by molar-refractivity contribution is 7.99. The van der Waals surface area contributed by atoms with E-state index in [1.54, 1.807) is 52.5 Å². The van der Waals surface area contributed by atoms with Crippen LogP contribution in [0.2, 0.25) is 5.02 Å². The van der Waals surface area contributed by atoms with Gasteiger partial charge in [0.25, 0.3) is 5.91 Å². The molecule has 38 heavy (non-hydrogen) atoms. The number of halogens is 1. The molecule has 196 valence electrons. The average Bonchev–Trinajstić information content (AvgIpc) is 3.38. The van der Waals surface area contributed by atoms with Crippen molar-refractivity contribution in [2.45, 2.75) is 12.1 Å². The van der Waals surface area contributed by atoms with Crippen LogP contribution < -0.4 is 19.6 Å². The van der Waals surface area contributed by atoms with Crippen molar-refractivity contribution in [1.82, 2.24) is 20.2 Å². The molecular weight excluding hydrogens is 526 g/mol. The summed E-state index contributed by atoms with van der Waals surface area (Å²) in [6.07, 6.45) is 0. The van der Waals surface area contributed by atoms with Gasteiger partial charge in [-0.1, -0.05) is 23.4 Å². The molecule has 0 aliphatic rings. The summed E-state index contributed by atoms with van der Waals surface area (Å²) in [5.41, 5.74) is 5.68. The molecule has 1 amide bonds. The monoisotopic (exact) mass is 551 g/mol. The van der Waals surface area contributed by atoms with Crippen LogP contribution in [0, 0.1) is 0 Å². The zero-order chi connectivity index (χ0) is 27.1. The Bertz CT molecular complexity index is 1440. The fourth-order valence-electron chi connectivity index (χ4n) is 3.55. The van der Waals surface area contributed by atoms with Gasteiger partial charge >= 0.3 is 0 Å². The number of nitrogens with one attached hydrogen (secondary N) is 1. The van der Waals surface area contributed by atoms with E-state index in [2.05, 4.69) is 20.7 Å². The first kappa shape index (κ1) is 27.0. The maximum atomic E-state index is 12.6. The van der Waals surface area contributed by atoms with E-state index in [9.17, 15) is 4.79 Å². The SMILES string of the molecule is COc1ccc(-c2nnc(SCC(=O)N/N=C(/C)c3ccc(OC)c(OC)c3)n2-c2ccc(Cl)cc2)cc1. The van der Waals surface area contributed by atoms with Gasteiger partial charge in [-0.15, -0.1) is 10.2 Å². The van der Waals surface area contributed by atoms with Gasteiger partial charge in [0, 0.05) is 21.8 Å². The number of hydrazone groups is 1. The smallest absolute Gasteiger partial charge is 0.250 e. The van der Waals surface area contributed by atoms with E-state index >= 15 is 0 Å². The number of carbonyl (C=O) groups excluding carboxylic acids is 1. The van der Waals surface area contributed by atoms with E-state index in [1.807, 2.05) is 47.0 Å². The van der Waals surface area contributed by atoms with E-state index in [-0.39, 0.29) is 11.7 Å². The van der Waals surface area contributed by atoms with Gasteiger partial charge in [-0.05, 0) is 73.7 Å². The maximum absolute atomic E-state index is 12.6. The van der Waals surface area contributed by atoms with E-state index in [1.165, 1.54) is 11.8 Å². The van der Waals surface area contributed by atoms with Gasteiger partial charge in [0.1, 0.15) is 5.75 Å². The summed E-state index contributed by atoms with van der Waals surface area (Å²) in [6.45, 7) is 1.80. The summed E-state index contributed by atoms with van der Waals surface area (Å²) >= 11 is 7.35. The number of methoxy groups -OCH3 is 3. The zero-order valence-corrected chi connectivity index (χ0v) is 22.8. The Labute approximate surface area is 229 Å². The molecule has 9 nitrogen and oxygen atoms in total. The summed E-state index contributed by atoms with van der Waals surface area (Å²) in [4.78, 5) is 12.6. The lowest BCUT2D eigenvalue weighted by atomic mass is 10.1. The largest absolute Gasteiger partial charge is 0.497 e. The van der Waals surface area contributed by atoms with E-state index < -0.39 is 0 Å². The minimum absolute atomic E-state index is 0.0804. The summed E-state index contributed by atoms with van der Waals surface area (Å²) < 4.78 is 17.8. The van der Waals surface area contributed by atoms with Gasteiger partial charge < -0.3 is 14.2 Å². The lowest BCUT2D eigenvalue weighted by Gasteiger charge is -2.11. The van der Waals surface area contributed by atoms with Crippen LogP contribution in [-0.2, 0) is 4.79 Å². The molecule has 0 radical (unpaired) electrons. The highest BCUT2D eigenvalue weighted by atomic mass is 35.5. The van der Waals surface area contributed by atoms with Crippen LogP contribution >= 0.6 is 23.4 Å². The van der Waals surface area contributed by atoms with E-state index in [4.69, 9.17) is 25.8 Å². The molecule has 11 heteroatoms. The normalized spacial score (nSPS) is 11.2. The number of benzene rings is 3. The highest BCUT2D eigenvalue weighted by Gasteiger charge is 2.18. The topological polar surface area (TPSA) is 99.9 Å². The Morgan fingerprint density at radius 1 is 0.947 bits per heavy atom. The van der Waals surface area contributed by atoms with Gasteiger partial charge in [0.2, 0.25) is 0 Å². The van der Waals surface area contributed by atoms with Gasteiger partial charge in [-0.2, -0.15) is 5.10 Å². The quantitative estimate of drug-likeness (QED) is 0.163. The minimum Gasteiger partial charge on any atom is -0.497 e. The maximum Gasteiger partial charge on any atom is 0.250 e. The molecule has 0 bridgehead atoms. The molecule has 1 heterocycles. The summed E-state index contributed by atoms with van der Waals surface area (Å²) in [5.74, 6) is 2.35. The van der Waals surface area contributed by atoms with Crippen molar-refractivity contribution in [2.24, 2.45) is 5.10 Å². The predicted octanol–water partition coefficient (Wildman–Crippen LogP) is 5.25. The Kier molecular flexibility index (Phi) is 8.88. The van der Waals surface area contributed by atoms with Crippen molar-refractivity contribution in [1.29, 1.82) is 0 Å². The Hall–Kier alpha value is -4.02. The number of amides is 1. The molecule has 1 aromatic heterocycles. The number of ether oxygens (including phenoxy) is 3. The number of carbonyl (C=O) groups is 1. The van der Waals surface area contributed by atoms with Gasteiger partial charge in [0.05, 0.1) is 32.8 Å². The Morgan fingerprint density at radius 2 is 1.66 bits per heavy atom. The summed E-state index contributed by atoms with van der Waals surface area (Å²) in [5, 5.41) is 14.2. The van der Waals surface area contributed by atoms with Crippen LogP contribution in [0.3, 0.4) is 0 Å². The molecule has 0 saturated carbocycles. The number of rotatable bonds is 10. The van der Waals surface area contributed by atoms with Crippen LogP contribution in [0.15, 0.2) is 77.0 Å². The van der Waals surface area contributed by atoms with Crippen molar-refractivity contribution in [3.05, 3.63) is 77.3 Å². The molecule has 3 aromatic carbocycles. The molecule has 0 atom stereocenters. The predicted molar refractivity (Wildman–Crippen MR) is 149 cm³/mol. The number of hydrogen-bond donors (Lipinski definition) is 1. The Balaban J connectivity index is 1.51. The van der Waals surface area contributed by atoms with Crippen LogP contribution in [0.1, 0.15) is 12.5 Å². The number of nitrogens with zero attached hydrogens (tertiary/aromatic N) is 4. The number of thioether (sulfide) groups is 1. The van der Waals surface area contributed by atoms with Crippen molar-refractivity contribution in [2.75, 3.05) is 27.1 Å². The lowest BCUT2D eigenvalue weighted by molar-refractivity contribution is -0.118. The van der Waals surface area contributed by atoms with Crippen LogP contribution in [-0.4, -0.2) is 53.5 Å². The van der Waals surface area contributed by atoms with Gasteiger partial charge in [-0.3, -0.25) is 9.36 Å². The molecule has 4 rings (SSSR count). The third kappa shape index (κ3) is 6.27. The van der Waals surface area contributed by atoms with Crippen molar-refractivity contribution < 1.29 is 19.0 Å².